The van der Waals surface area contributed by atoms with E-state index in [0.717, 1.165) is 12.8 Å². The van der Waals surface area contributed by atoms with Gasteiger partial charge in [-0.25, -0.2) is 27.2 Å². The lowest BCUT2D eigenvalue weighted by molar-refractivity contribution is 0.0219. The lowest BCUT2D eigenvalue weighted by atomic mass is 10.2. The second kappa shape index (κ2) is 7.58. The zero-order valence-electron chi connectivity index (χ0n) is 18.6. The normalized spacial score (nSPS) is 17.2. The van der Waals surface area contributed by atoms with E-state index in [1.807, 2.05) is 20.8 Å². The molecular formula is C23H25N5O4S. The number of hydrogen-bond donors (Lipinski definition) is 1. The Morgan fingerprint density at radius 3 is 2.67 bits per heavy atom. The van der Waals surface area contributed by atoms with E-state index in [9.17, 15) is 13.2 Å². The van der Waals surface area contributed by atoms with Crippen LogP contribution < -0.4 is 0 Å². The first-order chi connectivity index (χ1) is 15.6. The molecule has 172 valence electrons. The van der Waals surface area contributed by atoms with Crippen LogP contribution >= 0.6 is 0 Å². The van der Waals surface area contributed by atoms with Crippen LogP contribution in [0.2, 0.25) is 0 Å². The third-order valence-corrected chi connectivity index (χ3v) is 7.32. The summed E-state index contributed by atoms with van der Waals surface area (Å²) in [6.07, 6.45) is 4.32. The van der Waals surface area contributed by atoms with Crippen molar-refractivity contribution in [1.82, 2.24) is 23.8 Å². The minimum Gasteiger partial charge on any atom is -0.444 e. The second-order valence-corrected chi connectivity index (χ2v) is 11.0. The van der Waals surface area contributed by atoms with Gasteiger partial charge in [0.15, 0.2) is 5.65 Å². The molecule has 3 aromatic heterocycles. The fraction of sp³-hybridized carbons (Fsp3) is 0.348. The lowest BCUT2D eigenvalue weighted by Gasteiger charge is -2.27. The smallest absolute Gasteiger partial charge is 0.410 e. The summed E-state index contributed by atoms with van der Waals surface area (Å²) >= 11 is 0. The summed E-state index contributed by atoms with van der Waals surface area (Å²) in [5, 5.41) is 0.622. The van der Waals surface area contributed by atoms with Gasteiger partial charge < -0.3 is 9.72 Å². The van der Waals surface area contributed by atoms with Crippen LogP contribution in [-0.4, -0.2) is 50.5 Å². The largest absolute Gasteiger partial charge is 0.444 e. The van der Waals surface area contributed by atoms with Gasteiger partial charge in [0.1, 0.15) is 16.9 Å². The van der Waals surface area contributed by atoms with Crippen LogP contribution in [0.1, 0.15) is 45.5 Å². The number of rotatable bonds is 3. The Morgan fingerprint density at radius 1 is 1.18 bits per heavy atom. The Balaban J connectivity index is 1.54. The highest BCUT2D eigenvalue weighted by molar-refractivity contribution is 7.90. The topological polar surface area (TPSA) is 110 Å². The molecule has 1 aromatic carbocycles. The van der Waals surface area contributed by atoms with Crippen LogP contribution in [0, 0.1) is 0 Å². The molecule has 1 aliphatic rings. The minimum atomic E-state index is -3.79. The fourth-order valence-electron chi connectivity index (χ4n) is 4.20. The fourth-order valence-corrected chi connectivity index (χ4v) is 5.52. The van der Waals surface area contributed by atoms with Crippen molar-refractivity contribution in [3.8, 4) is 0 Å². The average molecular weight is 468 g/mol. The number of aromatic amines is 1. The molecule has 9 nitrogen and oxygen atoms in total. The zero-order valence-corrected chi connectivity index (χ0v) is 19.5. The predicted molar refractivity (Wildman–Crippen MR) is 123 cm³/mol. The molecule has 0 bridgehead atoms. The SMILES string of the molecule is CC(C)(C)OC(=O)N1CCCC1c1nc2c(cnc3c2ccn3S(=O)(=O)c2ccccc2)[nH]1. The van der Waals surface area contributed by atoms with E-state index in [1.165, 1.54) is 10.2 Å². The molecule has 0 spiro atoms. The van der Waals surface area contributed by atoms with Gasteiger partial charge in [0.2, 0.25) is 0 Å². The summed E-state index contributed by atoms with van der Waals surface area (Å²) in [7, 11) is -3.79. The van der Waals surface area contributed by atoms with Crippen molar-refractivity contribution in [2.24, 2.45) is 0 Å². The number of H-pyrrole nitrogens is 1. The number of carbonyl (C=O) groups excluding carboxylic acids is 1. The molecule has 1 N–H and O–H groups in total. The highest BCUT2D eigenvalue weighted by Crippen LogP contribution is 2.34. The summed E-state index contributed by atoms with van der Waals surface area (Å²) in [4.78, 5) is 27.0. The molecular weight excluding hydrogens is 442 g/mol. The van der Waals surface area contributed by atoms with Gasteiger partial charge in [0.25, 0.3) is 10.0 Å². The number of imidazole rings is 1. The summed E-state index contributed by atoms with van der Waals surface area (Å²) < 4.78 is 33.0. The Kier molecular flexibility index (Phi) is 4.93. The van der Waals surface area contributed by atoms with Crippen LogP contribution in [0.4, 0.5) is 4.79 Å². The first kappa shape index (κ1) is 21.4. The molecule has 1 aliphatic heterocycles. The first-order valence-corrected chi connectivity index (χ1v) is 12.2. The molecule has 10 heteroatoms. The maximum atomic E-state index is 13.1. The number of aromatic nitrogens is 4. The van der Waals surface area contributed by atoms with Crippen molar-refractivity contribution < 1.29 is 17.9 Å². The molecule has 1 unspecified atom stereocenters. The molecule has 0 aliphatic carbocycles. The molecule has 0 saturated carbocycles. The minimum absolute atomic E-state index is 0.186. The molecule has 1 atom stereocenters. The van der Waals surface area contributed by atoms with E-state index in [0.29, 0.717) is 34.4 Å². The van der Waals surface area contributed by atoms with Crippen molar-refractivity contribution in [1.29, 1.82) is 0 Å². The van der Waals surface area contributed by atoms with Crippen molar-refractivity contribution in [2.45, 2.75) is 50.2 Å². The number of benzene rings is 1. The molecule has 4 aromatic rings. The molecule has 1 saturated heterocycles. The van der Waals surface area contributed by atoms with Crippen LogP contribution in [0.3, 0.4) is 0 Å². The summed E-state index contributed by atoms with van der Waals surface area (Å²) in [5.41, 5.74) is 1.03. The van der Waals surface area contributed by atoms with Crippen molar-refractivity contribution in [3.05, 3.63) is 54.6 Å². The van der Waals surface area contributed by atoms with E-state index in [4.69, 9.17) is 9.72 Å². The van der Waals surface area contributed by atoms with E-state index >= 15 is 0 Å². The van der Waals surface area contributed by atoms with Gasteiger partial charge in [0.05, 0.1) is 22.7 Å². The number of ether oxygens (including phenoxy) is 1. The average Bonchev–Trinajstić information content (AvgIpc) is 3.49. The van der Waals surface area contributed by atoms with Gasteiger partial charge in [0, 0.05) is 18.1 Å². The first-order valence-electron chi connectivity index (χ1n) is 10.8. The van der Waals surface area contributed by atoms with Gasteiger partial charge in [-0.2, -0.15) is 0 Å². The summed E-state index contributed by atoms with van der Waals surface area (Å²) in [6.45, 7) is 6.12. The van der Waals surface area contributed by atoms with Crippen LogP contribution in [-0.2, 0) is 14.8 Å². The van der Waals surface area contributed by atoms with Gasteiger partial charge in [-0.3, -0.25) is 4.90 Å². The van der Waals surface area contributed by atoms with Gasteiger partial charge in [-0.1, -0.05) is 18.2 Å². The Hall–Kier alpha value is -3.40. The third kappa shape index (κ3) is 3.74. The number of hydrogen-bond acceptors (Lipinski definition) is 6. The summed E-state index contributed by atoms with van der Waals surface area (Å²) in [6, 6.07) is 9.71. The van der Waals surface area contributed by atoms with Crippen LogP contribution in [0.5, 0.6) is 0 Å². The number of nitrogens with one attached hydrogen (secondary N) is 1. The monoisotopic (exact) mass is 467 g/mol. The number of amides is 1. The predicted octanol–water partition coefficient (Wildman–Crippen LogP) is 4.22. The second-order valence-electron chi connectivity index (χ2n) is 9.14. The molecule has 5 rings (SSSR count). The number of nitrogens with zero attached hydrogens (tertiary/aromatic N) is 4. The number of likely N-dealkylation sites (tertiary alicyclic amines) is 1. The lowest BCUT2D eigenvalue weighted by Crippen LogP contribution is -2.36. The number of pyridine rings is 1. The summed E-state index contributed by atoms with van der Waals surface area (Å²) in [5.74, 6) is 0.640. The molecule has 33 heavy (non-hydrogen) atoms. The van der Waals surface area contributed by atoms with Crippen molar-refractivity contribution >= 4 is 38.2 Å². The standard InChI is InChI=1S/C23H25N5O4S/c1-23(2,3)32-22(29)27-12-7-10-18(27)20-25-17-14-24-21-16(19(17)26-20)11-13-28(21)33(30,31)15-8-5-4-6-9-15/h4-6,8-9,11,13-14,18H,7,10,12H2,1-3H3,(H,25,26). The van der Waals surface area contributed by atoms with Gasteiger partial charge in [-0.15, -0.1) is 0 Å². The Bertz CT molecular complexity index is 1450. The van der Waals surface area contributed by atoms with Crippen molar-refractivity contribution in [3.63, 3.8) is 0 Å². The Labute approximate surface area is 191 Å². The zero-order chi connectivity index (χ0) is 23.4. The number of carbonyl (C=O) groups is 1. The third-order valence-electron chi connectivity index (χ3n) is 5.64. The van der Waals surface area contributed by atoms with E-state index < -0.39 is 15.6 Å². The Morgan fingerprint density at radius 2 is 1.94 bits per heavy atom. The highest BCUT2D eigenvalue weighted by atomic mass is 32.2. The number of fused-ring (bicyclic) bond motifs is 3. The molecule has 4 heterocycles. The van der Waals surface area contributed by atoms with Gasteiger partial charge >= 0.3 is 6.09 Å². The molecule has 1 fully saturated rings. The quantitative estimate of drug-likeness (QED) is 0.483. The van der Waals surface area contributed by atoms with Crippen LogP contribution in [0.15, 0.2) is 53.7 Å². The maximum absolute atomic E-state index is 13.1. The molecule has 1 amide bonds. The maximum Gasteiger partial charge on any atom is 0.410 e. The highest BCUT2D eigenvalue weighted by Gasteiger charge is 2.35. The van der Waals surface area contributed by atoms with Crippen LogP contribution in [0.25, 0.3) is 22.1 Å². The van der Waals surface area contributed by atoms with Crippen molar-refractivity contribution in [2.75, 3.05) is 6.54 Å². The van der Waals surface area contributed by atoms with E-state index in [2.05, 4.69) is 9.97 Å². The van der Waals surface area contributed by atoms with E-state index in [-0.39, 0.29) is 17.0 Å². The van der Waals surface area contributed by atoms with E-state index in [1.54, 1.807) is 47.5 Å². The van der Waals surface area contributed by atoms with Gasteiger partial charge in [-0.05, 0) is 51.8 Å². The molecule has 0 radical (unpaired) electrons.